The molecule has 2 aromatic rings. The van der Waals surface area contributed by atoms with Crippen LogP contribution in [0.5, 0.6) is 0 Å². The number of benzene rings is 2. The second-order valence-electron chi connectivity index (χ2n) is 6.68. The monoisotopic (exact) mass is 392 g/mol. The van der Waals surface area contributed by atoms with Crippen LogP contribution in [-0.2, 0) is 16.1 Å². The predicted molar refractivity (Wildman–Crippen MR) is 113 cm³/mol. The van der Waals surface area contributed by atoms with Crippen molar-refractivity contribution in [3.8, 4) is 0 Å². The lowest BCUT2D eigenvalue weighted by molar-refractivity contribution is -0.124. The van der Waals surface area contributed by atoms with E-state index in [1.165, 1.54) is 0 Å². The smallest absolute Gasteiger partial charge is 0.258 e. The van der Waals surface area contributed by atoms with Gasteiger partial charge in [0.2, 0.25) is 0 Å². The molecule has 2 aromatic carbocycles. The van der Waals surface area contributed by atoms with Crippen molar-refractivity contribution in [2.45, 2.75) is 6.54 Å². The van der Waals surface area contributed by atoms with Gasteiger partial charge in [-0.1, -0.05) is 30.3 Å². The number of carbonyl (C=O) groups is 2. The summed E-state index contributed by atoms with van der Waals surface area (Å²) in [5.74, 6) is 0.197. The van der Waals surface area contributed by atoms with E-state index in [1.54, 1.807) is 48.5 Å². The molecule has 0 spiro atoms. The third kappa shape index (κ3) is 5.87. The maximum Gasteiger partial charge on any atom is 0.258 e. The second kappa shape index (κ2) is 9.45. The molecule has 2 amide bonds. The lowest BCUT2D eigenvalue weighted by Gasteiger charge is -2.17. The first kappa shape index (κ1) is 20.0. The number of nitrogen functional groups attached to an aromatic ring is 1. The topological polar surface area (TPSA) is 96.7 Å². The molecule has 1 heterocycles. The molecule has 150 valence electrons. The van der Waals surface area contributed by atoms with Crippen molar-refractivity contribution in [3.63, 3.8) is 0 Å². The fraction of sp³-hybridized carbons (Fsp3) is 0.182. The number of amides is 2. The van der Waals surface area contributed by atoms with Crippen molar-refractivity contribution in [3.05, 3.63) is 83.8 Å². The van der Waals surface area contributed by atoms with Crippen molar-refractivity contribution in [1.29, 1.82) is 0 Å². The van der Waals surface area contributed by atoms with E-state index in [0.717, 1.165) is 12.1 Å². The molecule has 0 atom stereocenters. The molecule has 7 nitrogen and oxygen atoms in total. The van der Waals surface area contributed by atoms with Crippen molar-refractivity contribution in [1.82, 2.24) is 10.2 Å². The number of hydrogen-bond donors (Lipinski definition) is 3. The lowest BCUT2D eigenvalue weighted by atomic mass is 10.1. The maximum absolute atomic E-state index is 12.3. The van der Waals surface area contributed by atoms with Gasteiger partial charge in [0.15, 0.2) is 6.61 Å². The molecule has 1 aliphatic rings. The average molecular weight is 392 g/mol. The molecule has 29 heavy (non-hydrogen) atoms. The van der Waals surface area contributed by atoms with E-state index in [9.17, 15) is 9.59 Å². The van der Waals surface area contributed by atoms with Crippen LogP contribution in [0.15, 0.2) is 72.6 Å². The van der Waals surface area contributed by atoms with Gasteiger partial charge in [0.25, 0.3) is 11.8 Å². The van der Waals surface area contributed by atoms with Crippen LogP contribution in [0.25, 0.3) is 0 Å². The van der Waals surface area contributed by atoms with Gasteiger partial charge in [-0.3, -0.25) is 9.59 Å². The minimum atomic E-state index is -0.245. The Balaban J connectivity index is 1.46. The molecular formula is C22H24N4O3. The fourth-order valence-corrected chi connectivity index (χ4v) is 2.71. The van der Waals surface area contributed by atoms with Gasteiger partial charge >= 0.3 is 0 Å². The van der Waals surface area contributed by atoms with Gasteiger partial charge in [-0.05, 0) is 35.9 Å². The number of nitrogens with two attached hydrogens (primary N) is 1. The Morgan fingerprint density at radius 1 is 1.14 bits per heavy atom. The third-order valence-corrected chi connectivity index (χ3v) is 4.31. The summed E-state index contributed by atoms with van der Waals surface area (Å²) in [6.45, 7) is 1.12. The molecular weight excluding hydrogens is 368 g/mol. The van der Waals surface area contributed by atoms with Crippen LogP contribution < -0.4 is 16.4 Å². The first-order chi connectivity index (χ1) is 14.0. The van der Waals surface area contributed by atoms with Crippen molar-refractivity contribution in [2.24, 2.45) is 0 Å². The molecule has 0 bridgehead atoms. The number of rotatable bonds is 7. The summed E-state index contributed by atoms with van der Waals surface area (Å²) < 4.78 is 5.48. The Labute approximate surface area is 169 Å². The number of hydrogen-bond acceptors (Lipinski definition) is 5. The average Bonchev–Trinajstić information content (AvgIpc) is 2.73. The van der Waals surface area contributed by atoms with E-state index in [0.29, 0.717) is 29.2 Å². The molecule has 0 aromatic heterocycles. The van der Waals surface area contributed by atoms with Gasteiger partial charge in [-0.25, -0.2) is 0 Å². The highest BCUT2D eigenvalue weighted by atomic mass is 16.5. The van der Waals surface area contributed by atoms with Crippen LogP contribution in [0, 0.1) is 0 Å². The number of ether oxygens (including phenoxy) is 1. The van der Waals surface area contributed by atoms with E-state index in [2.05, 4.69) is 10.6 Å². The van der Waals surface area contributed by atoms with Gasteiger partial charge in [-0.2, -0.15) is 0 Å². The standard InChI is InChI=1S/C22H24N4O3/c1-26-12-4-5-18(14-26)29-15-21(27)24-13-16-8-10-17(11-9-16)22(28)25-20-7-3-2-6-19(20)23/h2-11,14H,12-13,15,23H2,1H3,(H,24,27)(H,25,28). The highest BCUT2D eigenvalue weighted by Crippen LogP contribution is 2.18. The summed E-state index contributed by atoms with van der Waals surface area (Å²) >= 11 is 0. The van der Waals surface area contributed by atoms with Crippen LogP contribution in [0.4, 0.5) is 11.4 Å². The van der Waals surface area contributed by atoms with Gasteiger partial charge < -0.3 is 26.0 Å². The molecule has 3 rings (SSSR count). The van der Waals surface area contributed by atoms with Crippen molar-refractivity contribution >= 4 is 23.2 Å². The highest BCUT2D eigenvalue weighted by molar-refractivity contribution is 6.05. The largest absolute Gasteiger partial charge is 0.482 e. The molecule has 4 N–H and O–H groups in total. The van der Waals surface area contributed by atoms with Crippen LogP contribution >= 0.6 is 0 Å². The van der Waals surface area contributed by atoms with Gasteiger partial charge in [0.05, 0.1) is 11.4 Å². The van der Waals surface area contributed by atoms with Crippen LogP contribution in [0.3, 0.4) is 0 Å². The Kier molecular flexibility index (Phi) is 6.52. The van der Waals surface area contributed by atoms with E-state index < -0.39 is 0 Å². The summed E-state index contributed by atoms with van der Waals surface area (Å²) in [6, 6.07) is 14.1. The molecule has 1 aliphatic heterocycles. The number of likely N-dealkylation sites (N-methyl/N-ethyl adjacent to an activating group) is 1. The summed E-state index contributed by atoms with van der Waals surface area (Å²) in [7, 11) is 1.94. The molecule has 0 aliphatic carbocycles. The Bertz CT molecular complexity index is 935. The lowest BCUT2D eigenvalue weighted by Crippen LogP contribution is -2.27. The van der Waals surface area contributed by atoms with Gasteiger partial charge in [-0.15, -0.1) is 0 Å². The number of anilines is 2. The fourth-order valence-electron chi connectivity index (χ4n) is 2.71. The quantitative estimate of drug-likeness (QED) is 0.629. The minimum absolute atomic E-state index is 0.0526. The van der Waals surface area contributed by atoms with E-state index in [4.69, 9.17) is 10.5 Å². The second-order valence-corrected chi connectivity index (χ2v) is 6.68. The van der Waals surface area contributed by atoms with Gasteiger partial charge in [0, 0.05) is 31.9 Å². The van der Waals surface area contributed by atoms with Crippen molar-refractivity contribution in [2.75, 3.05) is 31.2 Å². The number of nitrogens with zero attached hydrogens (tertiary/aromatic N) is 1. The van der Waals surface area contributed by atoms with E-state index >= 15 is 0 Å². The van der Waals surface area contributed by atoms with E-state index in [1.807, 2.05) is 30.3 Å². The zero-order valence-corrected chi connectivity index (χ0v) is 16.2. The van der Waals surface area contributed by atoms with Crippen LogP contribution in [0.1, 0.15) is 15.9 Å². The summed E-state index contributed by atoms with van der Waals surface area (Å²) in [5.41, 5.74) is 8.31. The number of allylic oxidation sites excluding steroid dienone is 1. The van der Waals surface area contributed by atoms with Gasteiger partial charge in [0.1, 0.15) is 5.76 Å². The maximum atomic E-state index is 12.3. The van der Waals surface area contributed by atoms with E-state index in [-0.39, 0.29) is 18.4 Å². The first-order valence-corrected chi connectivity index (χ1v) is 9.24. The Hall–Kier alpha value is -3.74. The SMILES string of the molecule is CN1C=C(OCC(=O)NCc2ccc(C(=O)Nc3ccccc3N)cc2)C=CC1. The molecule has 0 saturated heterocycles. The zero-order chi connectivity index (χ0) is 20.6. The molecule has 0 radical (unpaired) electrons. The van der Waals surface area contributed by atoms with Crippen molar-refractivity contribution < 1.29 is 14.3 Å². The molecule has 0 saturated carbocycles. The summed E-state index contributed by atoms with van der Waals surface area (Å²) in [5, 5.41) is 5.58. The molecule has 7 heteroatoms. The summed E-state index contributed by atoms with van der Waals surface area (Å²) in [6.07, 6.45) is 5.66. The summed E-state index contributed by atoms with van der Waals surface area (Å²) in [4.78, 5) is 26.3. The highest BCUT2D eigenvalue weighted by Gasteiger charge is 2.09. The number of nitrogens with one attached hydrogen (secondary N) is 2. The number of para-hydroxylation sites is 2. The third-order valence-electron chi connectivity index (χ3n) is 4.31. The molecule has 0 unspecified atom stereocenters. The van der Waals surface area contributed by atoms with Crippen LogP contribution in [0.2, 0.25) is 0 Å². The zero-order valence-electron chi connectivity index (χ0n) is 16.2. The first-order valence-electron chi connectivity index (χ1n) is 9.24. The molecule has 0 fully saturated rings. The minimum Gasteiger partial charge on any atom is -0.482 e. The Morgan fingerprint density at radius 2 is 1.90 bits per heavy atom. The predicted octanol–water partition coefficient (Wildman–Crippen LogP) is 2.50. The normalized spacial score (nSPS) is 12.9. The number of carbonyl (C=O) groups excluding carboxylic acids is 2. The van der Waals surface area contributed by atoms with Crippen LogP contribution in [-0.4, -0.2) is 36.9 Å². The Morgan fingerprint density at radius 3 is 2.62 bits per heavy atom.